The van der Waals surface area contributed by atoms with Crippen LogP contribution in [-0.2, 0) is 11.3 Å². The lowest BCUT2D eigenvalue weighted by Gasteiger charge is -2.39. The van der Waals surface area contributed by atoms with Crippen molar-refractivity contribution in [2.45, 2.75) is 19.5 Å². The van der Waals surface area contributed by atoms with Crippen molar-refractivity contribution in [2.75, 3.05) is 26.2 Å². The first kappa shape index (κ1) is 18.1. The van der Waals surface area contributed by atoms with Crippen molar-refractivity contribution in [2.24, 2.45) is 0 Å². The molecule has 0 aliphatic carbocycles. The summed E-state index contributed by atoms with van der Waals surface area (Å²) in [4.78, 5) is 15.4. The Morgan fingerprint density at radius 1 is 1.20 bits per heavy atom. The number of nitrogens with zero attached hydrogens (tertiary/aromatic N) is 2. The van der Waals surface area contributed by atoms with Crippen molar-refractivity contribution in [3.8, 4) is 11.1 Å². The van der Waals surface area contributed by atoms with E-state index in [1.165, 1.54) is 16.7 Å². The van der Waals surface area contributed by atoms with Gasteiger partial charge in [0.25, 0.3) is 0 Å². The van der Waals surface area contributed by atoms with Crippen LogP contribution in [-0.4, -0.2) is 53.1 Å². The number of carboxylic acid groups (broad SMARTS) is 1. The molecule has 1 aliphatic heterocycles. The third-order valence-electron chi connectivity index (χ3n) is 4.73. The highest BCUT2D eigenvalue weighted by atomic mass is 79.9. The van der Waals surface area contributed by atoms with Crippen LogP contribution < -0.4 is 0 Å². The molecule has 1 N–H and O–H groups in total. The Morgan fingerprint density at radius 3 is 2.72 bits per heavy atom. The first-order chi connectivity index (χ1) is 12.0. The normalized spacial score (nSPS) is 19.0. The van der Waals surface area contributed by atoms with E-state index in [1.54, 1.807) is 0 Å². The molecule has 2 aromatic carbocycles. The van der Waals surface area contributed by atoms with Crippen molar-refractivity contribution in [3.05, 3.63) is 58.6 Å². The van der Waals surface area contributed by atoms with Gasteiger partial charge in [-0.2, -0.15) is 0 Å². The molecule has 0 radical (unpaired) electrons. The highest BCUT2D eigenvalue weighted by Crippen LogP contribution is 2.27. The van der Waals surface area contributed by atoms with Gasteiger partial charge in [-0.05, 0) is 35.7 Å². The molecule has 1 aliphatic rings. The van der Waals surface area contributed by atoms with Crippen LogP contribution in [0.1, 0.15) is 12.5 Å². The molecule has 0 amide bonds. The van der Waals surface area contributed by atoms with Crippen molar-refractivity contribution < 1.29 is 9.90 Å². The summed E-state index contributed by atoms with van der Waals surface area (Å²) in [5.74, 6) is -0.750. The van der Waals surface area contributed by atoms with Gasteiger partial charge in [-0.25, -0.2) is 0 Å². The molecule has 0 bridgehead atoms. The molecule has 1 heterocycles. The van der Waals surface area contributed by atoms with E-state index in [9.17, 15) is 4.79 Å². The summed E-state index contributed by atoms with van der Waals surface area (Å²) < 4.78 is 1.08. The summed E-state index contributed by atoms with van der Waals surface area (Å²) in [5.41, 5.74) is 3.77. The average Bonchev–Trinajstić information content (AvgIpc) is 2.57. The van der Waals surface area contributed by atoms with Crippen molar-refractivity contribution in [3.63, 3.8) is 0 Å². The van der Waals surface area contributed by atoms with E-state index in [1.807, 2.05) is 11.0 Å². The first-order valence-corrected chi connectivity index (χ1v) is 9.34. The van der Waals surface area contributed by atoms with Gasteiger partial charge in [-0.3, -0.25) is 14.6 Å². The van der Waals surface area contributed by atoms with E-state index >= 15 is 0 Å². The molecule has 1 saturated heterocycles. The Morgan fingerprint density at radius 2 is 2.00 bits per heavy atom. The van der Waals surface area contributed by atoms with Crippen LogP contribution in [0.4, 0.5) is 0 Å². The van der Waals surface area contributed by atoms with Crippen molar-refractivity contribution >= 4 is 21.9 Å². The third kappa shape index (κ3) is 4.69. The molecular weight excluding hydrogens is 380 g/mol. The van der Waals surface area contributed by atoms with Crippen LogP contribution in [0.15, 0.2) is 53.0 Å². The Kier molecular flexibility index (Phi) is 5.89. The molecule has 0 spiro atoms. The molecule has 5 heteroatoms. The van der Waals surface area contributed by atoms with Crippen LogP contribution in [0.5, 0.6) is 0 Å². The molecule has 2 aromatic rings. The number of carboxylic acids is 1. The number of rotatable bonds is 5. The maximum absolute atomic E-state index is 11.0. The monoisotopic (exact) mass is 402 g/mol. The SMILES string of the molecule is C[C@@H]1CN(Cc2ccccc2-c2cccc(Br)c2)CCN1CC(=O)O. The largest absolute Gasteiger partial charge is 0.480 e. The van der Waals surface area contributed by atoms with E-state index in [2.05, 4.69) is 70.2 Å². The van der Waals surface area contributed by atoms with E-state index in [-0.39, 0.29) is 12.6 Å². The van der Waals surface area contributed by atoms with Crippen molar-refractivity contribution in [1.29, 1.82) is 0 Å². The fourth-order valence-electron chi connectivity index (χ4n) is 3.46. The van der Waals surface area contributed by atoms with Gasteiger partial charge in [0.15, 0.2) is 0 Å². The smallest absolute Gasteiger partial charge is 0.317 e. The topological polar surface area (TPSA) is 43.8 Å². The van der Waals surface area contributed by atoms with Gasteiger partial charge in [0, 0.05) is 36.7 Å². The number of hydrogen-bond donors (Lipinski definition) is 1. The zero-order valence-electron chi connectivity index (χ0n) is 14.4. The van der Waals surface area contributed by atoms with Crippen LogP contribution >= 0.6 is 15.9 Å². The molecule has 1 atom stereocenters. The maximum Gasteiger partial charge on any atom is 0.317 e. The van der Waals surface area contributed by atoms with E-state index in [4.69, 9.17) is 5.11 Å². The predicted octanol–water partition coefficient (Wildman–Crippen LogP) is 3.71. The Labute approximate surface area is 157 Å². The van der Waals surface area contributed by atoms with Gasteiger partial charge >= 0.3 is 5.97 Å². The lowest BCUT2D eigenvalue weighted by molar-refractivity contribution is -0.139. The second-order valence-electron chi connectivity index (χ2n) is 6.62. The van der Waals surface area contributed by atoms with Crippen LogP contribution in [0.25, 0.3) is 11.1 Å². The van der Waals surface area contributed by atoms with Crippen molar-refractivity contribution in [1.82, 2.24) is 9.80 Å². The van der Waals surface area contributed by atoms with Gasteiger partial charge in [0.1, 0.15) is 0 Å². The highest BCUT2D eigenvalue weighted by molar-refractivity contribution is 9.10. The minimum Gasteiger partial charge on any atom is -0.480 e. The number of hydrogen-bond acceptors (Lipinski definition) is 3. The summed E-state index contributed by atoms with van der Waals surface area (Å²) in [6.45, 7) is 5.70. The average molecular weight is 403 g/mol. The lowest BCUT2D eigenvalue weighted by atomic mass is 9.99. The zero-order valence-corrected chi connectivity index (χ0v) is 15.9. The molecule has 0 saturated carbocycles. The van der Waals surface area contributed by atoms with Crippen LogP contribution in [0.2, 0.25) is 0 Å². The molecule has 3 rings (SSSR count). The Bertz CT molecular complexity index is 750. The number of halogens is 1. The van der Waals surface area contributed by atoms with Gasteiger partial charge < -0.3 is 5.11 Å². The van der Waals surface area contributed by atoms with Gasteiger partial charge in [-0.15, -0.1) is 0 Å². The molecule has 1 fully saturated rings. The highest BCUT2D eigenvalue weighted by Gasteiger charge is 2.25. The number of piperazine rings is 1. The summed E-state index contributed by atoms with van der Waals surface area (Å²) in [7, 11) is 0. The summed E-state index contributed by atoms with van der Waals surface area (Å²) in [5, 5.41) is 9.01. The maximum atomic E-state index is 11.0. The predicted molar refractivity (Wildman–Crippen MR) is 104 cm³/mol. The fraction of sp³-hybridized carbons (Fsp3) is 0.350. The van der Waals surface area contributed by atoms with Gasteiger partial charge in [-0.1, -0.05) is 52.3 Å². The molecule has 25 heavy (non-hydrogen) atoms. The van der Waals surface area contributed by atoms with Gasteiger partial charge in [0.05, 0.1) is 6.54 Å². The summed E-state index contributed by atoms with van der Waals surface area (Å²) in [6, 6.07) is 17.1. The minimum absolute atomic E-state index is 0.129. The molecule has 0 aromatic heterocycles. The Balaban J connectivity index is 1.73. The Hall–Kier alpha value is -1.69. The lowest BCUT2D eigenvalue weighted by Crippen LogP contribution is -2.52. The summed E-state index contributed by atoms with van der Waals surface area (Å²) >= 11 is 3.55. The molecule has 4 nitrogen and oxygen atoms in total. The zero-order chi connectivity index (χ0) is 17.8. The van der Waals surface area contributed by atoms with E-state index in [0.29, 0.717) is 0 Å². The van der Waals surface area contributed by atoms with Crippen LogP contribution in [0.3, 0.4) is 0 Å². The first-order valence-electron chi connectivity index (χ1n) is 8.55. The molecule has 0 unspecified atom stereocenters. The second-order valence-corrected chi connectivity index (χ2v) is 7.53. The number of carbonyl (C=O) groups is 1. The second kappa shape index (κ2) is 8.13. The van der Waals surface area contributed by atoms with Crippen LogP contribution in [0, 0.1) is 0 Å². The number of benzene rings is 2. The summed E-state index contributed by atoms with van der Waals surface area (Å²) in [6.07, 6.45) is 0. The number of aliphatic carboxylic acids is 1. The minimum atomic E-state index is -0.750. The van der Waals surface area contributed by atoms with Gasteiger partial charge in [0.2, 0.25) is 0 Å². The van der Waals surface area contributed by atoms with E-state index in [0.717, 1.165) is 30.7 Å². The molecule has 132 valence electrons. The third-order valence-corrected chi connectivity index (χ3v) is 5.23. The molecular formula is C20H23BrN2O2. The quantitative estimate of drug-likeness (QED) is 0.827. The van der Waals surface area contributed by atoms with E-state index < -0.39 is 5.97 Å². The standard InChI is InChI=1S/C20H23BrN2O2/c1-15-12-22(9-10-23(15)14-20(24)25)13-17-5-2-3-8-19(17)16-6-4-7-18(21)11-16/h2-8,11,15H,9-10,12-14H2,1H3,(H,24,25)/t15-/m1/s1. The fourth-order valence-corrected chi connectivity index (χ4v) is 3.86.